The maximum absolute atomic E-state index is 11.2. The first-order valence-corrected chi connectivity index (χ1v) is 11.7. The van der Waals surface area contributed by atoms with Crippen LogP contribution in [0.2, 0.25) is 0 Å². The van der Waals surface area contributed by atoms with E-state index in [1.165, 1.54) is 72.7 Å². The lowest BCUT2D eigenvalue weighted by Crippen LogP contribution is -2.10. The number of carbonyl (C=O) groups excluding carboxylic acids is 1. The topological polar surface area (TPSA) is 48.4 Å². The number of hydrogen-bond acceptors (Lipinski definition) is 4. The Morgan fingerprint density at radius 3 is 2.61 bits per heavy atom. The molecule has 1 aromatic carbocycles. The van der Waals surface area contributed by atoms with Crippen LogP contribution in [0.25, 0.3) is 5.57 Å². The maximum atomic E-state index is 11.2. The van der Waals surface area contributed by atoms with Gasteiger partial charge in [-0.2, -0.15) is 0 Å². The van der Waals surface area contributed by atoms with Crippen molar-refractivity contribution >= 4 is 11.5 Å². The van der Waals surface area contributed by atoms with E-state index in [2.05, 4.69) is 24.4 Å². The van der Waals surface area contributed by atoms with Gasteiger partial charge in [-0.25, -0.2) is 0 Å². The third-order valence-corrected chi connectivity index (χ3v) is 6.51. The lowest BCUT2D eigenvalue weighted by atomic mass is 9.86. The molecule has 2 aliphatic rings. The quantitative estimate of drug-likeness (QED) is 0.503. The van der Waals surface area contributed by atoms with Crippen molar-refractivity contribution in [3.05, 3.63) is 64.5 Å². The molecule has 1 aromatic heterocycles. The smallest absolute Gasteiger partial charge is 0.305 e. The van der Waals surface area contributed by atoms with Gasteiger partial charge in [0, 0.05) is 18.3 Å². The number of esters is 1. The van der Waals surface area contributed by atoms with Crippen LogP contribution in [0.4, 0.5) is 0 Å². The van der Waals surface area contributed by atoms with Gasteiger partial charge < -0.3 is 9.47 Å². The first-order valence-electron chi connectivity index (χ1n) is 11.7. The molecule has 0 saturated carbocycles. The number of aryl methyl sites for hydroxylation is 3. The summed E-state index contributed by atoms with van der Waals surface area (Å²) in [5.41, 5.74) is 8.15. The van der Waals surface area contributed by atoms with E-state index in [-0.39, 0.29) is 5.97 Å². The fraction of sp³-hybridized carbons (Fsp3) is 0.481. The summed E-state index contributed by atoms with van der Waals surface area (Å²) in [5.74, 6) is 0.753. The summed E-state index contributed by atoms with van der Waals surface area (Å²) >= 11 is 0. The van der Waals surface area contributed by atoms with Crippen molar-refractivity contribution in [3.8, 4) is 5.75 Å². The van der Waals surface area contributed by atoms with Crippen LogP contribution in [-0.4, -0.2) is 24.7 Å². The molecule has 0 amide bonds. The van der Waals surface area contributed by atoms with Crippen LogP contribution in [0.5, 0.6) is 5.75 Å². The molecular weight excluding hydrogens is 386 g/mol. The summed E-state index contributed by atoms with van der Waals surface area (Å²) in [6, 6.07) is 10.7. The van der Waals surface area contributed by atoms with Gasteiger partial charge in [-0.15, -0.1) is 0 Å². The molecule has 4 rings (SSSR count). The predicted octanol–water partition coefficient (Wildman–Crippen LogP) is 5.86. The number of hydrogen-bond donors (Lipinski definition) is 0. The highest BCUT2D eigenvalue weighted by Crippen LogP contribution is 2.34. The lowest BCUT2D eigenvalue weighted by molar-refractivity contribution is -0.140. The summed E-state index contributed by atoms with van der Waals surface area (Å²) in [7, 11) is 1.43. The van der Waals surface area contributed by atoms with Crippen LogP contribution in [-0.2, 0) is 28.8 Å². The predicted molar refractivity (Wildman–Crippen MR) is 123 cm³/mol. The zero-order valence-electron chi connectivity index (χ0n) is 18.6. The van der Waals surface area contributed by atoms with E-state index < -0.39 is 0 Å². The molecule has 0 spiro atoms. The number of allylic oxidation sites excluding steroid dienone is 1. The van der Waals surface area contributed by atoms with Crippen molar-refractivity contribution in [3.63, 3.8) is 0 Å². The summed E-state index contributed by atoms with van der Waals surface area (Å²) in [6.45, 7) is 0.647. The van der Waals surface area contributed by atoms with Crippen LogP contribution in [0.15, 0.2) is 42.1 Å². The van der Waals surface area contributed by atoms with Gasteiger partial charge in [-0.05, 0) is 110 Å². The Balaban J connectivity index is 1.39. The van der Waals surface area contributed by atoms with Crippen molar-refractivity contribution in [1.82, 2.24) is 4.98 Å². The second kappa shape index (κ2) is 10.6. The molecule has 0 saturated heterocycles. The average molecular weight is 420 g/mol. The SMILES string of the molecule is COC(=O)CCCc1ccc(OCC2=C(c3cnc4c(c3)CCCC4)CCCC2)cc1. The van der Waals surface area contributed by atoms with Gasteiger partial charge in [0.2, 0.25) is 0 Å². The largest absolute Gasteiger partial charge is 0.489 e. The van der Waals surface area contributed by atoms with Crippen LogP contribution in [0, 0.1) is 0 Å². The lowest BCUT2D eigenvalue weighted by Gasteiger charge is -2.23. The minimum absolute atomic E-state index is 0.148. The molecule has 0 N–H and O–H groups in total. The first kappa shape index (κ1) is 21.6. The normalized spacial score (nSPS) is 16.0. The van der Waals surface area contributed by atoms with Crippen molar-refractivity contribution in [2.24, 2.45) is 0 Å². The Bertz CT molecular complexity index is 930. The average Bonchev–Trinajstić information content (AvgIpc) is 2.83. The highest BCUT2D eigenvalue weighted by Gasteiger charge is 2.18. The van der Waals surface area contributed by atoms with Gasteiger partial charge in [-0.3, -0.25) is 9.78 Å². The molecular formula is C27H33NO3. The Labute approximate surface area is 185 Å². The van der Waals surface area contributed by atoms with Crippen LogP contribution in [0.3, 0.4) is 0 Å². The Morgan fingerprint density at radius 2 is 1.77 bits per heavy atom. The second-order valence-corrected chi connectivity index (χ2v) is 8.69. The van der Waals surface area contributed by atoms with Crippen molar-refractivity contribution in [2.45, 2.75) is 70.6 Å². The zero-order chi connectivity index (χ0) is 21.5. The first-order chi connectivity index (χ1) is 15.2. The molecule has 0 fully saturated rings. The van der Waals surface area contributed by atoms with Gasteiger partial charge in [-0.1, -0.05) is 12.1 Å². The number of nitrogens with zero attached hydrogens (tertiary/aromatic N) is 1. The highest BCUT2D eigenvalue weighted by atomic mass is 16.5. The number of rotatable bonds is 8. The number of benzene rings is 1. The van der Waals surface area contributed by atoms with E-state index in [0.717, 1.165) is 37.9 Å². The molecule has 2 aliphatic carbocycles. The van der Waals surface area contributed by atoms with Gasteiger partial charge in [0.25, 0.3) is 0 Å². The van der Waals surface area contributed by atoms with E-state index in [4.69, 9.17) is 14.5 Å². The second-order valence-electron chi connectivity index (χ2n) is 8.69. The molecule has 31 heavy (non-hydrogen) atoms. The maximum Gasteiger partial charge on any atom is 0.305 e. The Hall–Kier alpha value is -2.62. The minimum atomic E-state index is -0.148. The van der Waals surface area contributed by atoms with Gasteiger partial charge >= 0.3 is 5.97 Å². The van der Waals surface area contributed by atoms with Crippen molar-refractivity contribution in [1.29, 1.82) is 0 Å². The number of pyridine rings is 1. The van der Waals surface area contributed by atoms with E-state index in [0.29, 0.717) is 13.0 Å². The number of carbonyl (C=O) groups is 1. The van der Waals surface area contributed by atoms with E-state index >= 15 is 0 Å². The van der Waals surface area contributed by atoms with Crippen molar-refractivity contribution < 1.29 is 14.3 Å². The molecule has 0 radical (unpaired) electrons. The van der Waals surface area contributed by atoms with Crippen LogP contribution < -0.4 is 4.74 Å². The minimum Gasteiger partial charge on any atom is -0.489 e. The van der Waals surface area contributed by atoms with E-state index in [1.807, 2.05) is 12.1 Å². The molecule has 4 nitrogen and oxygen atoms in total. The summed E-state index contributed by atoms with van der Waals surface area (Å²) in [6.07, 6.45) is 13.8. The number of ether oxygens (including phenoxy) is 2. The van der Waals surface area contributed by atoms with Crippen LogP contribution >= 0.6 is 0 Å². The highest BCUT2D eigenvalue weighted by molar-refractivity contribution is 5.70. The third kappa shape index (κ3) is 5.75. The molecule has 1 heterocycles. The number of aromatic nitrogens is 1. The van der Waals surface area contributed by atoms with Gasteiger partial charge in [0.15, 0.2) is 0 Å². The van der Waals surface area contributed by atoms with Gasteiger partial charge in [0.05, 0.1) is 7.11 Å². The van der Waals surface area contributed by atoms with Crippen molar-refractivity contribution in [2.75, 3.05) is 13.7 Å². The summed E-state index contributed by atoms with van der Waals surface area (Å²) in [4.78, 5) is 16.0. The zero-order valence-corrected chi connectivity index (χ0v) is 18.6. The third-order valence-electron chi connectivity index (χ3n) is 6.51. The molecule has 0 atom stereocenters. The van der Waals surface area contributed by atoms with Crippen LogP contribution in [0.1, 0.15) is 73.8 Å². The molecule has 0 bridgehead atoms. The Kier molecular flexibility index (Phi) is 7.39. The molecule has 4 heteroatoms. The summed E-state index contributed by atoms with van der Waals surface area (Å²) < 4.78 is 10.9. The Morgan fingerprint density at radius 1 is 1.00 bits per heavy atom. The molecule has 0 aliphatic heterocycles. The van der Waals surface area contributed by atoms with E-state index in [1.54, 1.807) is 0 Å². The fourth-order valence-corrected chi connectivity index (χ4v) is 4.69. The molecule has 0 unspecified atom stereocenters. The monoisotopic (exact) mass is 419 g/mol. The standard InChI is InChI=1S/C27H33NO3/c1-30-27(29)12-6-7-20-13-15-24(16-14-20)31-19-22-9-2-4-10-25(22)23-17-21-8-3-5-11-26(21)28-18-23/h13-18H,2-12,19H2,1H3. The number of methoxy groups -OCH3 is 1. The molecule has 164 valence electrons. The summed E-state index contributed by atoms with van der Waals surface area (Å²) in [5, 5.41) is 0. The number of fused-ring (bicyclic) bond motifs is 1. The van der Waals surface area contributed by atoms with Gasteiger partial charge in [0.1, 0.15) is 12.4 Å². The van der Waals surface area contributed by atoms with E-state index in [9.17, 15) is 4.79 Å². The molecule has 2 aromatic rings. The fourth-order valence-electron chi connectivity index (χ4n) is 4.69.